The van der Waals surface area contributed by atoms with E-state index in [4.69, 9.17) is 14.6 Å². The van der Waals surface area contributed by atoms with E-state index in [2.05, 4.69) is 10.2 Å². The van der Waals surface area contributed by atoms with Crippen molar-refractivity contribution in [2.75, 3.05) is 27.3 Å². The predicted octanol–water partition coefficient (Wildman–Crippen LogP) is 2.07. The van der Waals surface area contributed by atoms with Crippen LogP contribution in [0.1, 0.15) is 41.6 Å². The molecule has 148 valence electrons. The summed E-state index contributed by atoms with van der Waals surface area (Å²) >= 11 is 0. The highest BCUT2D eigenvalue weighted by Gasteiger charge is 2.37. The number of rotatable bonds is 9. The Morgan fingerprint density at radius 1 is 1.19 bits per heavy atom. The molecule has 0 aromatic heterocycles. The number of hydrogen-bond acceptors (Lipinski definition) is 5. The van der Waals surface area contributed by atoms with Crippen molar-refractivity contribution in [2.24, 2.45) is 5.92 Å². The fourth-order valence-corrected chi connectivity index (χ4v) is 3.64. The molecule has 1 amide bonds. The highest BCUT2D eigenvalue weighted by atomic mass is 16.5. The minimum Gasteiger partial charge on any atom is -0.496 e. The van der Waals surface area contributed by atoms with Gasteiger partial charge in [-0.25, -0.2) is 0 Å². The highest BCUT2D eigenvalue weighted by Crippen LogP contribution is 2.34. The van der Waals surface area contributed by atoms with Gasteiger partial charge in [-0.3, -0.25) is 14.5 Å². The number of ether oxygens (including phenoxy) is 2. The van der Waals surface area contributed by atoms with Crippen molar-refractivity contribution in [3.8, 4) is 11.5 Å². The third-order valence-electron chi connectivity index (χ3n) is 5.51. The summed E-state index contributed by atoms with van der Waals surface area (Å²) in [7, 11) is 3.13. The number of hydrogen-bond donors (Lipinski definition) is 2. The van der Waals surface area contributed by atoms with Gasteiger partial charge in [0.25, 0.3) is 5.91 Å². The van der Waals surface area contributed by atoms with Crippen LogP contribution in [0.15, 0.2) is 12.1 Å². The quantitative estimate of drug-likeness (QED) is 0.686. The normalized spacial score (nSPS) is 21.5. The van der Waals surface area contributed by atoms with Crippen LogP contribution in [0.5, 0.6) is 11.5 Å². The lowest BCUT2D eigenvalue weighted by molar-refractivity contribution is -0.139. The predicted molar refractivity (Wildman–Crippen MR) is 100 cm³/mol. The Labute approximate surface area is 159 Å². The first-order chi connectivity index (χ1) is 12.9. The Bertz CT molecular complexity index is 685. The van der Waals surface area contributed by atoms with Gasteiger partial charge >= 0.3 is 5.97 Å². The number of nitrogens with one attached hydrogen (secondary N) is 1. The van der Waals surface area contributed by atoms with Crippen molar-refractivity contribution in [3.05, 3.63) is 23.3 Å². The Balaban J connectivity index is 1.57. The number of carbonyl (C=O) groups excluding carboxylic acids is 1. The van der Waals surface area contributed by atoms with Crippen LogP contribution in [0.3, 0.4) is 0 Å². The molecule has 1 aromatic carbocycles. The molecule has 2 aliphatic rings. The van der Waals surface area contributed by atoms with E-state index in [0.29, 0.717) is 23.0 Å². The third kappa shape index (κ3) is 4.71. The molecule has 1 aromatic rings. The summed E-state index contributed by atoms with van der Waals surface area (Å²) in [5, 5.41) is 12.2. The molecule has 7 heteroatoms. The fraction of sp³-hybridized carbons (Fsp3) is 0.600. The number of aliphatic carboxylic acids is 1. The topological polar surface area (TPSA) is 88.1 Å². The van der Waals surface area contributed by atoms with Gasteiger partial charge in [0.2, 0.25) is 0 Å². The Kier molecular flexibility index (Phi) is 5.89. The number of carboxylic acids is 1. The van der Waals surface area contributed by atoms with Crippen LogP contribution in [0, 0.1) is 12.8 Å². The third-order valence-corrected chi connectivity index (χ3v) is 5.51. The molecule has 0 heterocycles. The van der Waals surface area contributed by atoms with Gasteiger partial charge in [0.15, 0.2) is 0 Å². The monoisotopic (exact) mass is 376 g/mol. The van der Waals surface area contributed by atoms with Gasteiger partial charge in [0.1, 0.15) is 11.5 Å². The van der Waals surface area contributed by atoms with Crippen LogP contribution in [0.25, 0.3) is 0 Å². The smallest absolute Gasteiger partial charge is 0.317 e. The Morgan fingerprint density at radius 3 is 2.26 bits per heavy atom. The lowest BCUT2D eigenvalue weighted by Crippen LogP contribution is -2.55. The van der Waals surface area contributed by atoms with Crippen LogP contribution in [0.4, 0.5) is 0 Å². The van der Waals surface area contributed by atoms with Crippen molar-refractivity contribution >= 4 is 11.9 Å². The van der Waals surface area contributed by atoms with E-state index in [1.165, 1.54) is 12.8 Å². The first-order valence-electron chi connectivity index (χ1n) is 9.40. The summed E-state index contributed by atoms with van der Waals surface area (Å²) in [6, 6.07) is 3.73. The molecule has 2 aliphatic carbocycles. The van der Waals surface area contributed by atoms with Crippen LogP contribution >= 0.6 is 0 Å². The van der Waals surface area contributed by atoms with Crippen molar-refractivity contribution in [1.82, 2.24) is 10.2 Å². The largest absolute Gasteiger partial charge is 0.496 e. The van der Waals surface area contributed by atoms with Gasteiger partial charge in [-0.15, -0.1) is 0 Å². The van der Waals surface area contributed by atoms with Gasteiger partial charge in [-0.2, -0.15) is 0 Å². The number of carbonyl (C=O) groups is 2. The number of carboxylic acid groups (broad SMARTS) is 1. The molecule has 0 spiro atoms. The maximum atomic E-state index is 12.6. The number of amides is 1. The van der Waals surface area contributed by atoms with E-state index in [-0.39, 0.29) is 24.5 Å². The second kappa shape index (κ2) is 8.17. The molecule has 0 aliphatic heterocycles. The maximum absolute atomic E-state index is 12.6. The highest BCUT2D eigenvalue weighted by molar-refractivity contribution is 5.95. The van der Waals surface area contributed by atoms with Gasteiger partial charge in [0.05, 0.1) is 20.8 Å². The minimum atomic E-state index is -0.790. The summed E-state index contributed by atoms with van der Waals surface area (Å²) in [4.78, 5) is 25.8. The maximum Gasteiger partial charge on any atom is 0.317 e. The summed E-state index contributed by atoms with van der Waals surface area (Å²) < 4.78 is 10.7. The lowest BCUT2D eigenvalue weighted by Gasteiger charge is -2.42. The van der Waals surface area contributed by atoms with Crippen LogP contribution in [0.2, 0.25) is 0 Å². The molecule has 0 atom stereocenters. The van der Waals surface area contributed by atoms with Crippen LogP contribution in [-0.2, 0) is 4.79 Å². The molecule has 0 saturated heterocycles. The lowest BCUT2D eigenvalue weighted by atomic mass is 9.85. The second-order valence-corrected chi connectivity index (χ2v) is 7.57. The van der Waals surface area contributed by atoms with E-state index in [0.717, 1.165) is 24.9 Å². The average molecular weight is 376 g/mol. The molecule has 0 bridgehead atoms. The Morgan fingerprint density at radius 2 is 1.78 bits per heavy atom. The van der Waals surface area contributed by atoms with E-state index in [1.807, 2.05) is 6.92 Å². The Hall–Kier alpha value is -2.28. The van der Waals surface area contributed by atoms with Crippen LogP contribution in [-0.4, -0.2) is 61.3 Å². The van der Waals surface area contributed by atoms with Crippen molar-refractivity contribution in [2.45, 2.75) is 44.7 Å². The molecule has 0 radical (unpaired) electrons. The first-order valence-corrected chi connectivity index (χ1v) is 9.40. The molecule has 2 N–H and O–H groups in total. The van der Waals surface area contributed by atoms with Gasteiger partial charge in [0, 0.05) is 29.8 Å². The average Bonchev–Trinajstić information content (AvgIpc) is 3.40. The number of benzene rings is 1. The van der Waals surface area contributed by atoms with Crippen molar-refractivity contribution < 1.29 is 24.2 Å². The molecule has 2 saturated carbocycles. The van der Waals surface area contributed by atoms with Gasteiger partial charge < -0.3 is 19.9 Å². The SMILES string of the molecule is COc1cc(C(=O)NC2CC(N(CC(=O)O)CC3CC3)C2)cc(OC)c1C. The second-order valence-electron chi connectivity index (χ2n) is 7.57. The summed E-state index contributed by atoms with van der Waals surface area (Å²) in [5.74, 6) is 0.917. The summed E-state index contributed by atoms with van der Waals surface area (Å²) in [6.07, 6.45) is 3.96. The van der Waals surface area contributed by atoms with E-state index in [1.54, 1.807) is 26.4 Å². The minimum absolute atomic E-state index is 0.0660. The van der Waals surface area contributed by atoms with Gasteiger partial charge in [-0.1, -0.05) is 0 Å². The molecule has 2 fully saturated rings. The van der Waals surface area contributed by atoms with Crippen molar-refractivity contribution in [3.63, 3.8) is 0 Å². The zero-order chi connectivity index (χ0) is 19.6. The summed E-state index contributed by atoms with van der Waals surface area (Å²) in [5.41, 5.74) is 1.35. The number of methoxy groups -OCH3 is 2. The molecule has 27 heavy (non-hydrogen) atoms. The van der Waals surface area contributed by atoms with E-state index >= 15 is 0 Å². The molecular formula is C20H28N2O5. The fourth-order valence-electron chi connectivity index (χ4n) is 3.64. The zero-order valence-corrected chi connectivity index (χ0v) is 16.2. The van der Waals surface area contributed by atoms with Crippen LogP contribution < -0.4 is 14.8 Å². The van der Waals surface area contributed by atoms with E-state index in [9.17, 15) is 9.59 Å². The first kappa shape index (κ1) is 19.5. The van der Waals surface area contributed by atoms with Crippen molar-refractivity contribution in [1.29, 1.82) is 0 Å². The van der Waals surface area contributed by atoms with Gasteiger partial charge in [-0.05, 0) is 50.7 Å². The molecule has 3 rings (SSSR count). The number of nitrogens with zero attached hydrogens (tertiary/aromatic N) is 1. The molecule has 7 nitrogen and oxygen atoms in total. The van der Waals surface area contributed by atoms with E-state index < -0.39 is 5.97 Å². The standard InChI is InChI=1S/C20H28N2O5/c1-12-17(26-2)6-14(7-18(12)27-3)20(25)21-15-8-16(9-15)22(11-19(23)24)10-13-4-5-13/h6-7,13,15-16H,4-5,8-11H2,1-3H3,(H,21,25)(H,23,24). The molecule has 0 unspecified atom stereocenters. The molecular weight excluding hydrogens is 348 g/mol. The zero-order valence-electron chi connectivity index (χ0n) is 16.2. The summed E-state index contributed by atoms with van der Waals surface area (Å²) in [6.45, 7) is 2.81.